The van der Waals surface area contributed by atoms with Gasteiger partial charge in [0.1, 0.15) is 0 Å². The number of carbonyl (C=O) groups is 2. The Balaban J connectivity index is 1.83. The van der Waals surface area contributed by atoms with Crippen LogP contribution in [0.15, 0.2) is 59.1 Å². The highest BCUT2D eigenvalue weighted by molar-refractivity contribution is 9.10. The monoisotopic (exact) mass is 332 g/mol. The van der Waals surface area contributed by atoms with Crippen LogP contribution < -0.4 is 10.9 Å². The van der Waals surface area contributed by atoms with E-state index in [-0.39, 0.29) is 18.2 Å². The van der Waals surface area contributed by atoms with E-state index in [2.05, 4.69) is 26.8 Å². The lowest BCUT2D eigenvalue weighted by molar-refractivity contribution is -0.121. The summed E-state index contributed by atoms with van der Waals surface area (Å²) in [7, 11) is 0. The number of halogens is 1. The van der Waals surface area contributed by atoms with Gasteiger partial charge < -0.3 is 0 Å². The molecule has 2 amide bonds. The molecular formula is C15H13BrN2O2. The zero-order valence-electron chi connectivity index (χ0n) is 10.6. The maximum atomic E-state index is 11.7. The van der Waals surface area contributed by atoms with Crippen molar-refractivity contribution in [1.29, 1.82) is 0 Å². The molecule has 0 saturated carbocycles. The lowest BCUT2D eigenvalue weighted by Gasteiger charge is -2.07. The Bertz CT molecular complexity index is 597. The van der Waals surface area contributed by atoms with Gasteiger partial charge in [0.05, 0.1) is 6.42 Å². The third-order valence-corrected chi connectivity index (χ3v) is 3.16. The summed E-state index contributed by atoms with van der Waals surface area (Å²) in [6.07, 6.45) is 0.211. The summed E-state index contributed by atoms with van der Waals surface area (Å²) >= 11 is 3.33. The molecular weight excluding hydrogens is 320 g/mol. The van der Waals surface area contributed by atoms with Crippen molar-refractivity contribution in [3.05, 3.63) is 70.2 Å². The van der Waals surface area contributed by atoms with E-state index in [0.717, 1.165) is 10.0 Å². The third-order valence-electron chi connectivity index (χ3n) is 2.63. The van der Waals surface area contributed by atoms with E-state index >= 15 is 0 Å². The van der Waals surface area contributed by atoms with E-state index in [9.17, 15) is 9.59 Å². The highest BCUT2D eigenvalue weighted by Crippen LogP contribution is 2.10. The van der Waals surface area contributed by atoms with Crippen LogP contribution in [0.25, 0.3) is 0 Å². The lowest BCUT2D eigenvalue weighted by atomic mass is 10.1. The second kappa shape index (κ2) is 6.86. The zero-order valence-corrected chi connectivity index (χ0v) is 12.2. The molecule has 0 bridgehead atoms. The van der Waals surface area contributed by atoms with Gasteiger partial charge in [-0.3, -0.25) is 20.4 Å². The van der Waals surface area contributed by atoms with Crippen molar-refractivity contribution in [1.82, 2.24) is 10.9 Å². The summed E-state index contributed by atoms with van der Waals surface area (Å²) in [5.74, 6) is -0.605. The van der Waals surface area contributed by atoms with Crippen molar-refractivity contribution in [2.24, 2.45) is 0 Å². The summed E-state index contributed by atoms with van der Waals surface area (Å²) in [5, 5.41) is 0. The standard InChI is InChI=1S/C15H13BrN2O2/c16-13-8-6-11(7-9-13)10-14(19)17-18-15(20)12-4-2-1-3-5-12/h1-9H,10H2,(H,17,19)(H,18,20). The van der Waals surface area contributed by atoms with Crippen LogP contribution in [0.3, 0.4) is 0 Å². The topological polar surface area (TPSA) is 58.2 Å². The SMILES string of the molecule is O=C(Cc1ccc(Br)cc1)NNC(=O)c1ccccc1. The molecule has 2 aromatic carbocycles. The average Bonchev–Trinajstić information content (AvgIpc) is 2.48. The Labute approximate surface area is 125 Å². The number of hydrogen-bond acceptors (Lipinski definition) is 2. The van der Waals surface area contributed by atoms with E-state index < -0.39 is 0 Å². The van der Waals surface area contributed by atoms with Crippen molar-refractivity contribution < 1.29 is 9.59 Å². The third kappa shape index (κ3) is 4.20. The van der Waals surface area contributed by atoms with Gasteiger partial charge in [0.25, 0.3) is 5.91 Å². The number of benzene rings is 2. The molecule has 0 heterocycles. The number of hydrogen-bond donors (Lipinski definition) is 2. The van der Waals surface area contributed by atoms with Gasteiger partial charge in [-0.2, -0.15) is 0 Å². The minimum Gasteiger partial charge on any atom is -0.273 e. The van der Waals surface area contributed by atoms with Gasteiger partial charge in [-0.25, -0.2) is 0 Å². The second-order valence-corrected chi connectivity index (χ2v) is 5.09. The Kier molecular flexibility index (Phi) is 4.90. The molecule has 0 aliphatic carbocycles. The molecule has 102 valence electrons. The largest absolute Gasteiger partial charge is 0.273 e. The summed E-state index contributed by atoms with van der Waals surface area (Å²) in [4.78, 5) is 23.4. The van der Waals surface area contributed by atoms with Gasteiger partial charge in [-0.05, 0) is 29.8 Å². The molecule has 0 aromatic heterocycles. The van der Waals surface area contributed by atoms with Gasteiger partial charge in [0.2, 0.25) is 5.91 Å². The molecule has 0 fully saturated rings. The van der Waals surface area contributed by atoms with Gasteiger partial charge >= 0.3 is 0 Å². The fourth-order valence-electron chi connectivity index (χ4n) is 1.62. The lowest BCUT2D eigenvalue weighted by Crippen LogP contribution is -2.42. The van der Waals surface area contributed by atoms with Crippen LogP contribution in [0.4, 0.5) is 0 Å². The minimum absolute atomic E-state index is 0.211. The van der Waals surface area contributed by atoms with Crippen LogP contribution in [0.5, 0.6) is 0 Å². The molecule has 2 N–H and O–H groups in total. The van der Waals surface area contributed by atoms with Crippen LogP contribution in [0, 0.1) is 0 Å². The summed E-state index contributed by atoms with van der Waals surface area (Å²) < 4.78 is 0.957. The maximum Gasteiger partial charge on any atom is 0.269 e. The first-order valence-electron chi connectivity index (χ1n) is 6.04. The van der Waals surface area contributed by atoms with Gasteiger partial charge in [-0.1, -0.05) is 46.3 Å². The Morgan fingerprint density at radius 1 is 0.900 bits per heavy atom. The van der Waals surface area contributed by atoms with E-state index in [1.807, 2.05) is 30.3 Å². The first-order valence-corrected chi connectivity index (χ1v) is 6.83. The maximum absolute atomic E-state index is 11.7. The molecule has 5 heteroatoms. The first kappa shape index (κ1) is 14.3. The molecule has 0 aliphatic heterocycles. The molecule has 2 rings (SSSR count). The Hall–Kier alpha value is -2.14. The van der Waals surface area contributed by atoms with Gasteiger partial charge in [-0.15, -0.1) is 0 Å². The van der Waals surface area contributed by atoms with Crippen molar-refractivity contribution in [3.8, 4) is 0 Å². The minimum atomic E-state index is -0.338. The molecule has 0 radical (unpaired) electrons. The fourth-order valence-corrected chi connectivity index (χ4v) is 1.88. The van der Waals surface area contributed by atoms with Crippen LogP contribution in [-0.2, 0) is 11.2 Å². The Morgan fingerprint density at radius 2 is 1.55 bits per heavy atom. The normalized spacial score (nSPS) is 9.85. The van der Waals surface area contributed by atoms with Crippen LogP contribution in [0.2, 0.25) is 0 Å². The Morgan fingerprint density at radius 3 is 2.20 bits per heavy atom. The summed E-state index contributed by atoms with van der Waals surface area (Å²) in [6.45, 7) is 0. The molecule has 4 nitrogen and oxygen atoms in total. The van der Waals surface area contributed by atoms with Crippen LogP contribution in [0.1, 0.15) is 15.9 Å². The van der Waals surface area contributed by atoms with Crippen LogP contribution >= 0.6 is 15.9 Å². The van der Waals surface area contributed by atoms with Crippen molar-refractivity contribution in [2.45, 2.75) is 6.42 Å². The summed E-state index contributed by atoms with van der Waals surface area (Å²) in [5.41, 5.74) is 6.15. The number of carbonyl (C=O) groups excluding carboxylic acids is 2. The van der Waals surface area contributed by atoms with Gasteiger partial charge in [0, 0.05) is 10.0 Å². The summed E-state index contributed by atoms with van der Waals surface area (Å²) in [6, 6.07) is 16.1. The van der Waals surface area contributed by atoms with E-state index in [0.29, 0.717) is 5.56 Å². The highest BCUT2D eigenvalue weighted by atomic mass is 79.9. The second-order valence-electron chi connectivity index (χ2n) is 4.17. The number of amides is 2. The van der Waals surface area contributed by atoms with Gasteiger partial charge in [0.15, 0.2) is 0 Å². The van der Waals surface area contributed by atoms with E-state index in [1.54, 1.807) is 24.3 Å². The molecule has 0 saturated heterocycles. The molecule has 0 atom stereocenters. The molecule has 0 spiro atoms. The fraction of sp³-hybridized carbons (Fsp3) is 0.0667. The zero-order chi connectivity index (χ0) is 14.4. The average molecular weight is 333 g/mol. The van der Waals surface area contributed by atoms with Crippen molar-refractivity contribution in [3.63, 3.8) is 0 Å². The van der Waals surface area contributed by atoms with E-state index in [1.165, 1.54) is 0 Å². The smallest absolute Gasteiger partial charge is 0.269 e. The molecule has 0 unspecified atom stereocenters. The van der Waals surface area contributed by atoms with Crippen LogP contribution in [-0.4, -0.2) is 11.8 Å². The van der Waals surface area contributed by atoms with E-state index in [4.69, 9.17) is 0 Å². The number of hydrazine groups is 1. The number of nitrogens with one attached hydrogen (secondary N) is 2. The van der Waals surface area contributed by atoms with Crippen molar-refractivity contribution in [2.75, 3.05) is 0 Å². The molecule has 2 aromatic rings. The predicted octanol–water partition coefficient (Wildman–Crippen LogP) is 2.45. The predicted molar refractivity (Wildman–Crippen MR) is 79.9 cm³/mol. The quantitative estimate of drug-likeness (QED) is 0.848. The molecule has 20 heavy (non-hydrogen) atoms. The molecule has 0 aliphatic rings. The van der Waals surface area contributed by atoms with Crippen molar-refractivity contribution >= 4 is 27.7 Å². The highest BCUT2D eigenvalue weighted by Gasteiger charge is 2.07. The number of rotatable bonds is 3. The first-order chi connectivity index (χ1) is 9.65.